The zero-order valence-corrected chi connectivity index (χ0v) is 11.6. The average molecular weight is 298 g/mol. The fourth-order valence-electron chi connectivity index (χ4n) is 1.68. The summed E-state index contributed by atoms with van der Waals surface area (Å²) in [5, 5.41) is 6.50. The number of fused-ring (bicyclic) bond motifs is 1. The van der Waals surface area contributed by atoms with Crippen LogP contribution in [-0.2, 0) is 6.54 Å². The zero-order valence-electron chi connectivity index (χ0n) is 9.23. The Morgan fingerprint density at radius 1 is 1.33 bits per heavy atom. The van der Waals surface area contributed by atoms with Gasteiger partial charge in [0.25, 0.3) is 0 Å². The lowest BCUT2D eigenvalue weighted by molar-refractivity contribution is 1.08. The second-order valence-corrected chi connectivity index (χ2v) is 5.52. The Labute approximate surface area is 118 Å². The van der Waals surface area contributed by atoms with E-state index in [2.05, 4.69) is 10.3 Å². The van der Waals surface area contributed by atoms with Gasteiger partial charge in [0.2, 0.25) is 0 Å². The first kappa shape index (κ1) is 11.8. The van der Waals surface area contributed by atoms with Crippen molar-refractivity contribution in [3.05, 3.63) is 51.7 Å². The molecule has 0 aliphatic rings. The van der Waals surface area contributed by atoms with Crippen molar-refractivity contribution in [3.63, 3.8) is 0 Å². The molecule has 0 saturated carbocycles. The summed E-state index contributed by atoms with van der Waals surface area (Å²) >= 11 is 13.5. The summed E-state index contributed by atoms with van der Waals surface area (Å²) in [4.78, 5) is 5.48. The molecule has 0 saturated heterocycles. The summed E-state index contributed by atoms with van der Waals surface area (Å²) < 4.78 is 2.01. The van der Waals surface area contributed by atoms with Crippen molar-refractivity contribution >= 4 is 45.2 Å². The van der Waals surface area contributed by atoms with Crippen LogP contribution in [0.3, 0.4) is 0 Å². The fourth-order valence-corrected chi connectivity index (χ4v) is 2.87. The predicted molar refractivity (Wildman–Crippen MR) is 76.9 cm³/mol. The Bertz CT molecular complexity index is 661. The maximum atomic E-state index is 6.08. The van der Waals surface area contributed by atoms with Crippen LogP contribution in [0.4, 0.5) is 5.69 Å². The third kappa shape index (κ3) is 2.32. The number of halogens is 2. The summed E-state index contributed by atoms with van der Waals surface area (Å²) in [7, 11) is 0. The minimum Gasteiger partial charge on any atom is -0.378 e. The highest BCUT2D eigenvalue weighted by molar-refractivity contribution is 7.15. The number of anilines is 1. The number of imidazole rings is 1. The Morgan fingerprint density at radius 2 is 2.22 bits per heavy atom. The number of aromatic nitrogens is 2. The minimum absolute atomic E-state index is 0.614. The molecule has 0 radical (unpaired) electrons. The number of hydrogen-bond acceptors (Lipinski definition) is 3. The monoisotopic (exact) mass is 297 g/mol. The maximum Gasteiger partial charge on any atom is 0.193 e. The zero-order chi connectivity index (χ0) is 12.5. The van der Waals surface area contributed by atoms with Crippen LogP contribution in [0.15, 0.2) is 36.0 Å². The van der Waals surface area contributed by atoms with Crippen molar-refractivity contribution in [3.8, 4) is 0 Å². The molecule has 0 bridgehead atoms. The second kappa shape index (κ2) is 4.80. The van der Waals surface area contributed by atoms with Crippen molar-refractivity contribution in [2.75, 3.05) is 5.32 Å². The SMILES string of the molecule is Clc1ccc(NCc2cn3ccsc3n2)c(Cl)c1. The van der Waals surface area contributed by atoms with E-state index < -0.39 is 0 Å². The van der Waals surface area contributed by atoms with Crippen molar-refractivity contribution in [2.24, 2.45) is 0 Å². The number of nitrogens with one attached hydrogen (secondary N) is 1. The molecule has 2 heterocycles. The lowest BCUT2D eigenvalue weighted by Gasteiger charge is -2.06. The van der Waals surface area contributed by atoms with Crippen LogP contribution in [0.1, 0.15) is 5.69 Å². The van der Waals surface area contributed by atoms with Crippen molar-refractivity contribution in [2.45, 2.75) is 6.54 Å². The summed E-state index contributed by atoms with van der Waals surface area (Å²) in [6.07, 6.45) is 3.99. The largest absolute Gasteiger partial charge is 0.378 e. The molecular weight excluding hydrogens is 289 g/mol. The average Bonchev–Trinajstić information content (AvgIpc) is 2.88. The molecule has 0 aliphatic carbocycles. The molecule has 3 nitrogen and oxygen atoms in total. The van der Waals surface area contributed by atoms with Gasteiger partial charge < -0.3 is 5.32 Å². The Morgan fingerprint density at radius 3 is 3.00 bits per heavy atom. The van der Waals surface area contributed by atoms with E-state index in [1.54, 1.807) is 17.4 Å². The van der Waals surface area contributed by atoms with Gasteiger partial charge in [0.1, 0.15) is 0 Å². The van der Waals surface area contributed by atoms with Crippen LogP contribution in [0, 0.1) is 0 Å². The molecule has 0 amide bonds. The van der Waals surface area contributed by atoms with Gasteiger partial charge in [-0.3, -0.25) is 4.40 Å². The van der Waals surface area contributed by atoms with Crippen LogP contribution >= 0.6 is 34.5 Å². The molecule has 3 aromatic rings. The van der Waals surface area contributed by atoms with Crippen LogP contribution < -0.4 is 5.32 Å². The summed E-state index contributed by atoms with van der Waals surface area (Å²) in [5.74, 6) is 0. The molecule has 92 valence electrons. The van der Waals surface area contributed by atoms with Gasteiger partial charge in [-0.05, 0) is 18.2 Å². The molecule has 0 fully saturated rings. The topological polar surface area (TPSA) is 29.3 Å². The molecule has 6 heteroatoms. The number of nitrogens with zero attached hydrogens (tertiary/aromatic N) is 2. The molecule has 1 N–H and O–H groups in total. The predicted octanol–water partition coefficient (Wildman–Crippen LogP) is 4.31. The van der Waals surface area contributed by atoms with Crippen molar-refractivity contribution in [1.29, 1.82) is 0 Å². The van der Waals surface area contributed by atoms with Crippen molar-refractivity contribution in [1.82, 2.24) is 9.38 Å². The number of hydrogen-bond donors (Lipinski definition) is 1. The Balaban J connectivity index is 1.76. The first-order valence-electron chi connectivity index (χ1n) is 5.32. The quantitative estimate of drug-likeness (QED) is 0.780. The highest BCUT2D eigenvalue weighted by Crippen LogP contribution is 2.25. The molecular formula is C12H9Cl2N3S. The van der Waals surface area contributed by atoms with Gasteiger partial charge in [-0.2, -0.15) is 0 Å². The summed E-state index contributed by atoms with van der Waals surface area (Å²) in [6.45, 7) is 0.635. The Hall–Kier alpha value is -1.23. The molecule has 3 rings (SSSR count). The van der Waals surface area contributed by atoms with E-state index in [1.807, 2.05) is 34.3 Å². The van der Waals surface area contributed by atoms with Crippen LogP contribution in [0.2, 0.25) is 10.0 Å². The van der Waals surface area contributed by atoms with Gasteiger partial charge in [0, 0.05) is 22.8 Å². The Kier molecular flexibility index (Phi) is 3.16. The van der Waals surface area contributed by atoms with Crippen LogP contribution in [0.5, 0.6) is 0 Å². The molecule has 2 aromatic heterocycles. The lowest BCUT2D eigenvalue weighted by atomic mass is 10.3. The van der Waals surface area contributed by atoms with E-state index in [9.17, 15) is 0 Å². The van der Waals surface area contributed by atoms with E-state index >= 15 is 0 Å². The molecule has 18 heavy (non-hydrogen) atoms. The van der Waals surface area contributed by atoms with Gasteiger partial charge in [0.15, 0.2) is 4.96 Å². The van der Waals surface area contributed by atoms with Gasteiger partial charge in [-0.1, -0.05) is 23.2 Å². The van der Waals surface area contributed by atoms with Crippen molar-refractivity contribution < 1.29 is 0 Å². The minimum atomic E-state index is 0.614. The maximum absolute atomic E-state index is 6.08. The van der Waals surface area contributed by atoms with Crippen LogP contribution in [-0.4, -0.2) is 9.38 Å². The smallest absolute Gasteiger partial charge is 0.193 e. The first-order chi connectivity index (χ1) is 8.72. The van der Waals surface area contributed by atoms with Gasteiger partial charge in [-0.25, -0.2) is 4.98 Å². The first-order valence-corrected chi connectivity index (χ1v) is 6.96. The second-order valence-electron chi connectivity index (χ2n) is 3.80. The van der Waals surface area contributed by atoms with E-state index in [0.29, 0.717) is 16.6 Å². The normalized spacial score (nSPS) is 11.0. The third-order valence-electron chi connectivity index (χ3n) is 2.53. The highest BCUT2D eigenvalue weighted by Gasteiger charge is 2.04. The summed E-state index contributed by atoms with van der Waals surface area (Å²) in [6, 6.07) is 5.39. The van der Waals surface area contributed by atoms with E-state index in [-0.39, 0.29) is 0 Å². The fraction of sp³-hybridized carbons (Fsp3) is 0.0833. The number of rotatable bonds is 3. The van der Waals surface area contributed by atoms with E-state index in [0.717, 1.165) is 16.3 Å². The molecule has 0 unspecified atom stereocenters. The standard InChI is InChI=1S/C12H9Cl2N3S/c13-8-1-2-11(10(14)5-8)15-6-9-7-17-3-4-18-12(17)16-9/h1-5,7,15H,6H2. The van der Waals surface area contributed by atoms with Gasteiger partial charge >= 0.3 is 0 Å². The van der Waals surface area contributed by atoms with Gasteiger partial charge in [-0.15, -0.1) is 11.3 Å². The number of benzene rings is 1. The lowest BCUT2D eigenvalue weighted by Crippen LogP contribution is -2.00. The molecule has 0 spiro atoms. The number of thiazole rings is 1. The molecule has 1 aromatic carbocycles. The highest BCUT2D eigenvalue weighted by atomic mass is 35.5. The summed E-state index contributed by atoms with van der Waals surface area (Å²) in [5.41, 5.74) is 1.84. The van der Waals surface area contributed by atoms with E-state index in [4.69, 9.17) is 23.2 Å². The van der Waals surface area contributed by atoms with Gasteiger partial charge in [0.05, 0.1) is 22.9 Å². The van der Waals surface area contributed by atoms with E-state index in [1.165, 1.54) is 0 Å². The third-order valence-corrected chi connectivity index (χ3v) is 3.85. The molecule has 0 atom stereocenters. The molecule has 0 aliphatic heterocycles. The van der Waals surface area contributed by atoms with Crippen LogP contribution in [0.25, 0.3) is 4.96 Å².